The molecule has 1 aromatic carbocycles. The zero-order chi connectivity index (χ0) is 16.3. The van der Waals surface area contributed by atoms with Crippen molar-refractivity contribution in [2.75, 3.05) is 20.1 Å². The Hall–Kier alpha value is -2.25. The van der Waals surface area contributed by atoms with E-state index in [2.05, 4.69) is 27.1 Å². The summed E-state index contributed by atoms with van der Waals surface area (Å²) in [6.07, 6.45) is 2.88. The molecule has 0 spiro atoms. The Bertz CT molecular complexity index is 916. The first kappa shape index (κ1) is 14.1. The van der Waals surface area contributed by atoms with Crippen LogP contribution in [0.3, 0.4) is 0 Å². The topological polar surface area (TPSA) is 65.1 Å². The van der Waals surface area contributed by atoms with Crippen LogP contribution in [-0.2, 0) is 0 Å². The predicted octanol–water partition coefficient (Wildman–Crippen LogP) is 2.21. The van der Waals surface area contributed by atoms with Crippen molar-refractivity contribution in [2.45, 2.75) is 18.5 Å². The molecule has 2 atom stereocenters. The lowest BCUT2D eigenvalue weighted by Gasteiger charge is -2.31. The van der Waals surface area contributed by atoms with Gasteiger partial charge >= 0.3 is 0 Å². The average molecular weight is 339 g/mol. The molecule has 4 heterocycles. The van der Waals surface area contributed by atoms with Crippen LogP contribution < -0.4 is 0 Å². The number of nitrogens with one attached hydrogen (secondary N) is 1. The molecule has 2 aromatic heterocycles. The molecule has 2 aliphatic heterocycles. The lowest BCUT2D eigenvalue weighted by molar-refractivity contribution is 0.0646. The maximum absolute atomic E-state index is 12.9. The van der Waals surface area contributed by atoms with Crippen LogP contribution in [0.5, 0.6) is 0 Å². The highest BCUT2D eigenvalue weighted by Crippen LogP contribution is 2.32. The van der Waals surface area contributed by atoms with Crippen LogP contribution >= 0.6 is 11.3 Å². The van der Waals surface area contributed by atoms with E-state index >= 15 is 0 Å². The highest BCUT2D eigenvalue weighted by molar-refractivity contribution is 7.13. The van der Waals surface area contributed by atoms with E-state index in [-0.39, 0.29) is 5.91 Å². The van der Waals surface area contributed by atoms with Crippen molar-refractivity contribution in [3.63, 3.8) is 0 Å². The number of likely N-dealkylation sites (tertiary alicyclic amines) is 2. The zero-order valence-corrected chi connectivity index (χ0v) is 14.1. The van der Waals surface area contributed by atoms with Crippen molar-refractivity contribution in [1.29, 1.82) is 0 Å². The highest BCUT2D eigenvalue weighted by Gasteiger charge is 2.44. The summed E-state index contributed by atoms with van der Waals surface area (Å²) in [5.41, 5.74) is 2.46. The first-order chi connectivity index (χ1) is 11.7. The quantitative estimate of drug-likeness (QED) is 0.777. The van der Waals surface area contributed by atoms with Crippen LogP contribution in [0, 0.1) is 0 Å². The molecule has 2 saturated heterocycles. The van der Waals surface area contributed by atoms with Crippen molar-refractivity contribution >= 4 is 28.1 Å². The monoisotopic (exact) mass is 339 g/mol. The summed E-state index contributed by atoms with van der Waals surface area (Å²) in [4.78, 5) is 21.6. The summed E-state index contributed by atoms with van der Waals surface area (Å²) >= 11 is 1.60. The number of piperazine rings is 1. The van der Waals surface area contributed by atoms with E-state index in [1.165, 1.54) is 0 Å². The summed E-state index contributed by atoms with van der Waals surface area (Å²) in [6.45, 7) is 1.78. The average Bonchev–Trinajstić information content (AvgIpc) is 3.35. The maximum Gasteiger partial charge on any atom is 0.275 e. The van der Waals surface area contributed by atoms with Gasteiger partial charge in [0.15, 0.2) is 5.69 Å². The van der Waals surface area contributed by atoms with Gasteiger partial charge in [-0.25, -0.2) is 4.98 Å². The number of likely N-dealkylation sites (N-methyl/N-ethyl adjacent to an activating group) is 1. The second kappa shape index (κ2) is 5.12. The highest BCUT2D eigenvalue weighted by atomic mass is 32.1. The number of benzene rings is 1. The first-order valence-corrected chi connectivity index (χ1v) is 8.98. The lowest BCUT2D eigenvalue weighted by Crippen LogP contribution is -2.47. The van der Waals surface area contributed by atoms with E-state index in [4.69, 9.17) is 0 Å². The summed E-state index contributed by atoms with van der Waals surface area (Å²) in [5, 5.41) is 11.2. The number of nitrogens with zero attached hydrogens (tertiary/aromatic N) is 4. The number of H-pyrrole nitrogens is 1. The Morgan fingerprint density at radius 2 is 2.25 bits per heavy atom. The van der Waals surface area contributed by atoms with Gasteiger partial charge in [0, 0.05) is 47.7 Å². The molecule has 2 bridgehead atoms. The van der Waals surface area contributed by atoms with Crippen LogP contribution in [0.25, 0.3) is 21.5 Å². The van der Waals surface area contributed by atoms with Crippen molar-refractivity contribution in [3.05, 3.63) is 35.5 Å². The number of amides is 1. The van der Waals surface area contributed by atoms with Crippen LogP contribution in [0.1, 0.15) is 16.9 Å². The maximum atomic E-state index is 12.9. The van der Waals surface area contributed by atoms with Gasteiger partial charge in [0.25, 0.3) is 5.91 Å². The number of thiazole rings is 1. The Morgan fingerprint density at radius 3 is 2.96 bits per heavy atom. The molecule has 1 N–H and O–H groups in total. The molecule has 1 amide bonds. The van der Waals surface area contributed by atoms with Gasteiger partial charge in [0.1, 0.15) is 5.01 Å². The number of hydrogen-bond donors (Lipinski definition) is 1. The van der Waals surface area contributed by atoms with E-state index in [1.54, 1.807) is 17.5 Å². The third-order valence-electron chi connectivity index (χ3n) is 5.22. The molecule has 2 aliphatic rings. The molecule has 0 saturated carbocycles. The van der Waals surface area contributed by atoms with Gasteiger partial charge in [0.2, 0.25) is 0 Å². The smallest absolute Gasteiger partial charge is 0.275 e. The molecule has 24 heavy (non-hydrogen) atoms. The van der Waals surface area contributed by atoms with Gasteiger partial charge in [-0.05, 0) is 25.6 Å². The van der Waals surface area contributed by atoms with Gasteiger partial charge in [-0.15, -0.1) is 11.3 Å². The van der Waals surface area contributed by atoms with Gasteiger partial charge in [-0.3, -0.25) is 14.8 Å². The van der Waals surface area contributed by atoms with Gasteiger partial charge in [0.05, 0.1) is 5.52 Å². The zero-order valence-electron chi connectivity index (χ0n) is 13.3. The van der Waals surface area contributed by atoms with Crippen LogP contribution in [-0.4, -0.2) is 63.1 Å². The molecule has 5 rings (SSSR count). The largest absolute Gasteiger partial charge is 0.331 e. The Kier molecular flexibility index (Phi) is 3.01. The van der Waals surface area contributed by atoms with E-state index in [1.807, 2.05) is 28.5 Å². The number of carbonyl (C=O) groups excluding carboxylic acids is 1. The third-order valence-corrected chi connectivity index (χ3v) is 6.04. The molecule has 0 unspecified atom stereocenters. The molecule has 122 valence electrons. The molecular weight excluding hydrogens is 322 g/mol. The third kappa shape index (κ3) is 2.01. The lowest BCUT2D eigenvalue weighted by atomic mass is 10.1. The standard InChI is InChI=1S/C17H17N5OS/c1-21-8-12-7-11(21)9-22(12)17(23)15-13-3-2-10(6-14(13)19-20-15)16-18-4-5-24-16/h2-6,11-12H,7-9H2,1H3,(H,19,20)/t11-,12-/m0/s1. The predicted molar refractivity (Wildman–Crippen MR) is 93.1 cm³/mol. The van der Waals surface area contributed by atoms with Gasteiger partial charge in [-0.1, -0.05) is 6.07 Å². The molecule has 0 aliphatic carbocycles. The summed E-state index contributed by atoms with van der Waals surface area (Å²) < 4.78 is 0. The van der Waals surface area contributed by atoms with E-state index in [0.29, 0.717) is 17.8 Å². The SMILES string of the molecule is CN1C[C@@H]2C[C@H]1CN2C(=O)c1n[nH]c2cc(-c3nccs3)ccc12. The van der Waals surface area contributed by atoms with Crippen molar-refractivity contribution in [2.24, 2.45) is 0 Å². The molecule has 2 fully saturated rings. The molecular formula is C17H17N5OS. The molecule has 3 aromatic rings. The number of aromatic amines is 1. The summed E-state index contributed by atoms with van der Waals surface area (Å²) in [5.74, 6) is 0.0452. The Labute approximate surface area is 143 Å². The number of carbonyl (C=O) groups is 1. The van der Waals surface area contributed by atoms with Crippen LogP contribution in [0.2, 0.25) is 0 Å². The number of fused-ring (bicyclic) bond motifs is 3. The Balaban J connectivity index is 1.48. The van der Waals surface area contributed by atoms with E-state index in [0.717, 1.165) is 41.0 Å². The fourth-order valence-electron chi connectivity index (χ4n) is 3.93. The summed E-state index contributed by atoms with van der Waals surface area (Å²) in [6, 6.07) is 6.83. The first-order valence-electron chi connectivity index (χ1n) is 8.10. The minimum atomic E-state index is 0.0452. The number of hydrogen-bond acceptors (Lipinski definition) is 5. The Morgan fingerprint density at radius 1 is 1.33 bits per heavy atom. The number of rotatable bonds is 2. The molecule has 6 nitrogen and oxygen atoms in total. The summed E-state index contributed by atoms with van der Waals surface area (Å²) in [7, 11) is 2.14. The molecule has 0 radical (unpaired) electrons. The minimum absolute atomic E-state index is 0.0452. The second-order valence-corrected chi connectivity index (χ2v) is 7.50. The van der Waals surface area contributed by atoms with E-state index in [9.17, 15) is 4.79 Å². The van der Waals surface area contributed by atoms with Crippen molar-refractivity contribution < 1.29 is 4.79 Å². The van der Waals surface area contributed by atoms with Crippen molar-refractivity contribution in [1.82, 2.24) is 25.0 Å². The normalized spacial score (nSPS) is 23.5. The fraction of sp³-hybridized carbons (Fsp3) is 0.353. The van der Waals surface area contributed by atoms with Crippen LogP contribution in [0.15, 0.2) is 29.8 Å². The second-order valence-electron chi connectivity index (χ2n) is 6.61. The van der Waals surface area contributed by atoms with Gasteiger partial charge in [-0.2, -0.15) is 5.10 Å². The molecule has 7 heteroatoms. The fourth-order valence-corrected chi connectivity index (χ4v) is 4.57. The van der Waals surface area contributed by atoms with Crippen molar-refractivity contribution in [3.8, 4) is 10.6 Å². The minimum Gasteiger partial charge on any atom is -0.331 e. The van der Waals surface area contributed by atoms with E-state index < -0.39 is 0 Å². The van der Waals surface area contributed by atoms with Gasteiger partial charge < -0.3 is 4.90 Å². The van der Waals surface area contributed by atoms with Crippen LogP contribution in [0.4, 0.5) is 0 Å². The number of aromatic nitrogens is 3.